The highest BCUT2D eigenvalue weighted by atomic mass is 19.1. The number of Topliss-reactive ketones (excluding diaryl/α,β-unsaturated/α-hetero) is 1. The van der Waals surface area contributed by atoms with E-state index < -0.39 is 17.3 Å². The molecule has 6 heteroatoms. The summed E-state index contributed by atoms with van der Waals surface area (Å²) in [6.45, 7) is 5.82. The lowest BCUT2D eigenvalue weighted by atomic mass is 9.81. The Bertz CT molecular complexity index is 1260. The highest BCUT2D eigenvalue weighted by molar-refractivity contribution is 5.95. The van der Waals surface area contributed by atoms with Crippen molar-refractivity contribution in [3.63, 3.8) is 0 Å². The number of fused-ring (bicyclic) bond motifs is 2. The first-order valence-corrected chi connectivity index (χ1v) is 13.5. The Balaban J connectivity index is 1.35. The molecule has 2 heterocycles. The summed E-state index contributed by atoms with van der Waals surface area (Å²) in [5, 5.41) is 9.74. The standard InChI is InChI=1S/C31H35FN2O3/c1-19-4-5-21(14-19)20(2)29(35)25(18-33)15-24-7-6-23(17-28(24)32)22-8-9-26-27(16-22)31(37-30(26)36)10-12-34(3)13-11-31/h6-9,16-17,19-21,25H,4-5,10-15H2,1-3H3/t19-,20+,21+,25+/m1/s1. The summed E-state index contributed by atoms with van der Waals surface area (Å²) in [6, 6.07) is 12.7. The van der Waals surface area contributed by atoms with Crippen LogP contribution < -0.4 is 0 Å². The predicted molar refractivity (Wildman–Crippen MR) is 139 cm³/mol. The molecule has 5 rings (SSSR count). The number of likely N-dealkylation sites (tertiary alicyclic amines) is 1. The fourth-order valence-corrected chi connectivity index (χ4v) is 6.49. The van der Waals surface area contributed by atoms with Crippen LogP contribution in [0.25, 0.3) is 11.1 Å². The lowest BCUT2D eigenvalue weighted by Crippen LogP contribution is -2.41. The Morgan fingerprint density at radius 3 is 2.54 bits per heavy atom. The van der Waals surface area contributed by atoms with Gasteiger partial charge in [-0.05, 0) is 73.0 Å². The van der Waals surface area contributed by atoms with Crippen LogP contribution in [-0.2, 0) is 21.6 Å². The number of ketones is 1. The molecule has 2 fully saturated rings. The Morgan fingerprint density at radius 2 is 1.89 bits per heavy atom. The lowest BCUT2D eigenvalue weighted by molar-refractivity contribution is -0.126. The minimum atomic E-state index is -0.848. The molecule has 37 heavy (non-hydrogen) atoms. The topological polar surface area (TPSA) is 70.4 Å². The summed E-state index contributed by atoms with van der Waals surface area (Å²) in [4.78, 5) is 27.9. The number of hydrogen-bond acceptors (Lipinski definition) is 5. The number of ether oxygens (including phenoxy) is 1. The van der Waals surface area contributed by atoms with E-state index in [1.54, 1.807) is 12.1 Å². The second kappa shape index (κ2) is 10.0. The number of esters is 1. The SMILES string of the molecule is C[C@@H]1CC[C@H]([C@H](C)C(=O)[C@H](C#N)Cc2ccc(-c3ccc4c(c3)C3(CCN(C)CC3)OC4=O)cc2F)C1. The third-order valence-electron chi connectivity index (χ3n) is 9.01. The van der Waals surface area contributed by atoms with Crippen molar-refractivity contribution in [3.8, 4) is 17.2 Å². The van der Waals surface area contributed by atoms with Crippen molar-refractivity contribution in [1.29, 1.82) is 5.26 Å². The van der Waals surface area contributed by atoms with Gasteiger partial charge in [0.1, 0.15) is 17.3 Å². The predicted octanol–water partition coefficient (Wildman–Crippen LogP) is 5.91. The largest absolute Gasteiger partial charge is 0.450 e. The molecule has 0 unspecified atom stereocenters. The molecular weight excluding hydrogens is 467 g/mol. The number of nitriles is 1. The van der Waals surface area contributed by atoms with E-state index in [0.29, 0.717) is 28.5 Å². The van der Waals surface area contributed by atoms with Crippen LogP contribution in [0.15, 0.2) is 36.4 Å². The zero-order valence-corrected chi connectivity index (χ0v) is 21.9. The van der Waals surface area contributed by atoms with E-state index in [4.69, 9.17) is 4.74 Å². The number of halogens is 1. The van der Waals surface area contributed by atoms with E-state index in [9.17, 15) is 14.9 Å². The molecule has 3 aliphatic rings. The third kappa shape index (κ3) is 4.82. The summed E-state index contributed by atoms with van der Waals surface area (Å²) in [6.07, 6.45) is 4.71. The number of nitrogens with zero attached hydrogens (tertiary/aromatic N) is 2. The minimum Gasteiger partial charge on any atom is -0.450 e. The van der Waals surface area contributed by atoms with Crippen LogP contribution in [0.3, 0.4) is 0 Å². The molecule has 2 aromatic rings. The van der Waals surface area contributed by atoms with Gasteiger partial charge in [0.2, 0.25) is 0 Å². The molecule has 2 aliphatic heterocycles. The van der Waals surface area contributed by atoms with Crippen molar-refractivity contribution in [1.82, 2.24) is 4.90 Å². The van der Waals surface area contributed by atoms with E-state index in [1.165, 1.54) is 6.07 Å². The molecule has 1 saturated heterocycles. The van der Waals surface area contributed by atoms with Crippen LogP contribution in [0.4, 0.5) is 4.39 Å². The van der Waals surface area contributed by atoms with Gasteiger partial charge in [0.05, 0.1) is 11.6 Å². The number of carbonyl (C=O) groups excluding carboxylic acids is 2. The molecule has 0 aromatic heterocycles. The maximum Gasteiger partial charge on any atom is 0.339 e. The van der Waals surface area contributed by atoms with Crippen LogP contribution >= 0.6 is 0 Å². The highest BCUT2D eigenvalue weighted by Crippen LogP contribution is 2.45. The number of benzene rings is 2. The zero-order chi connectivity index (χ0) is 26.3. The van der Waals surface area contributed by atoms with Crippen LogP contribution in [0.2, 0.25) is 0 Å². The number of carbonyl (C=O) groups is 2. The molecule has 1 saturated carbocycles. The average Bonchev–Trinajstić information content (AvgIpc) is 3.45. The lowest BCUT2D eigenvalue weighted by Gasteiger charge is -2.37. The molecule has 0 bridgehead atoms. The molecule has 0 radical (unpaired) electrons. The summed E-state index contributed by atoms with van der Waals surface area (Å²) < 4.78 is 21.2. The smallest absolute Gasteiger partial charge is 0.339 e. The van der Waals surface area contributed by atoms with Crippen LogP contribution in [0, 0.1) is 40.8 Å². The van der Waals surface area contributed by atoms with Gasteiger partial charge >= 0.3 is 5.97 Å². The van der Waals surface area contributed by atoms with E-state index in [2.05, 4.69) is 24.9 Å². The van der Waals surface area contributed by atoms with Gasteiger partial charge in [0, 0.05) is 37.4 Å². The van der Waals surface area contributed by atoms with Gasteiger partial charge in [-0.1, -0.05) is 38.5 Å². The average molecular weight is 503 g/mol. The van der Waals surface area contributed by atoms with Crippen LogP contribution in [0.1, 0.15) is 67.4 Å². The molecule has 1 aliphatic carbocycles. The Morgan fingerprint density at radius 1 is 1.19 bits per heavy atom. The number of rotatable bonds is 6. The first-order valence-electron chi connectivity index (χ1n) is 13.5. The quantitative estimate of drug-likeness (QED) is 0.460. The van der Waals surface area contributed by atoms with Crippen molar-refractivity contribution < 1.29 is 18.7 Å². The normalized spacial score (nSPS) is 24.4. The first-order chi connectivity index (χ1) is 17.7. The van der Waals surface area contributed by atoms with Crippen molar-refractivity contribution in [2.45, 2.75) is 58.0 Å². The Labute approximate surface area is 218 Å². The third-order valence-corrected chi connectivity index (χ3v) is 9.01. The molecule has 2 aromatic carbocycles. The molecule has 5 nitrogen and oxygen atoms in total. The molecule has 1 spiro atoms. The van der Waals surface area contributed by atoms with Gasteiger partial charge in [-0.15, -0.1) is 0 Å². The van der Waals surface area contributed by atoms with Crippen molar-refractivity contribution in [2.75, 3.05) is 20.1 Å². The molecule has 4 atom stereocenters. The number of piperidine rings is 1. The summed E-state index contributed by atoms with van der Waals surface area (Å²) in [5.74, 6) is -0.885. The first kappa shape index (κ1) is 25.6. The minimum absolute atomic E-state index is 0.0724. The fraction of sp³-hybridized carbons (Fsp3) is 0.516. The van der Waals surface area contributed by atoms with Gasteiger partial charge in [-0.25, -0.2) is 9.18 Å². The monoisotopic (exact) mass is 502 g/mol. The van der Waals surface area contributed by atoms with E-state index in [-0.39, 0.29) is 24.1 Å². The summed E-state index contributed by atoms with van der Waals surface area (Å²) in [5.41, 5.74) is 2.76. The van der Waals surface area contributed by atoms with Crippen LogP contribution in [-0.4, -0.2) is 36.8 Å². The van der Waals surface area contributed by atoms with Crippen molar-refractivity contribution in [3.05, 3.63) is 58.9 Å². The van der Waals surface area contributed by atoms with Crippen molar-refractivity contribution >= 4 is 11.8 Å². The van der Waals surface area contributed by atoms with Gasteiger partial charge in [0.15, 0.2) is 5.78 Å². The maximum absolute atomic E-state index is 15.3. The van der Waals surface area contributed by atoms with Gasteiger partial charge in [-0.3, -0.25) is 4.79 Å². The summed E-state index contributed by atoms with van der Waals surface area (Å²) in [7, 11) is 2.06. The Hall–Kier alpha value is -3.04. The highest BCUT2D eigenvalue weighted by Gasteiger charge is 2.47. The fourth-order valence-electron chi connectivity index (χ4n) is 6.49. The van der Waals surface area contributed by atoms with Gasteiger partial charge in [-0.2, -0.15) is 5.26 Å². The second-order valence-corrected chi connectivity index (χ2v) is 11.5. The molecule has 194 valence electrons. The van der Waals surface area contributed by atoms with Crippen molar-refractivity contribution in [2.24, 2.45) is 23.7 Å². The Kier molecular flexibility index (Phi) is 6.93. The zero-order valence-electron chi connectivity index (χ0n) is 21.9. The second-order valence-electron chi connectivity index (χ2n) is 11.5. The van der Waals surface area contributed by atoms with E-state index in [1.807, 2.05) is 25.1 Å². The van der Waals surface area contributed by atoms with E-state index in [0.717, 1.165) is 56.3 Å². The van der Waals surface area contributed by atoms with Gasteiger partial charge < -0.3 is 9.64 Å². The molecule has 0 N–H and O–H groups in total. The van der Waals surface area contributed by atoms with Crippen LogP contribution in [0.5, 0.6) is 0 Å². The maximum atomic E-state index is 15.3. The number of hydrogen-bond donors (Lipinski definition) is 0. The van der Waals surface area contributed by atoms with E-state index >= 15 is 4.39 Å². The molecule has 0 amide bonds. The molecular formula is C31H35FN2O3. The van der Waals surface area contributed by atoms with Gasteiger partial charge in [0.25, 0.3) is 0 Å². The summed E-state index contributed by atoms with van der Waals surface area (Å²) >= 11 is 0.